The van der Waals surface area contributed by atoms with Crippen molar-refractivity contribution < 1.29 is 14.3 Å². The third-order valence-electron chi connectivity index (χ3n) is 5.24. The van der Waals surface area contributed by atoms with Crippen LogP contribution in [0.15, 0.2) is 37.2 Å². The monoisotopic (exact) mass is 418 g/mol. The van der Waals surface area contributed by atoms with E-state index in [1.165, 1.54) is 26.6 Å². The van der Waals surface area contributed by atoms with Gasteiger partial charge >= 0.3 is 0 Å². The molecule has 0 aliphatic carbocycles. The van der Waals surface area contributed by atoms with Crippen LogP contribution < -0.4 is 15.2 Å². The normalized spacial score (nSPS) is 15.4. The fraction of sp³-hybridized carbons (Fsp3) is 0.273. The number of fused-ring (bicyclic) bond motifs is 1. The summed E-state index contributed by atoms with van der Waals surface area (Å²) in [5.74, 6) is 7.49. The fourth-order valence-electron chi connectivity index (χ4n) is 3.71. The highest BCUT2D eigenvalue weighted by molar-refractivity contribution is 5.87. The Morgan fingerprint density at radius 3 is 2.68 bits per heavy atom. The number of hydrogen-bond acceptors (Lipinski definition) is 7. The first kappa shape index (κ1) is 20.2. The number of methoxy groups -OCH3 is 2. The number of aromatic nitrogens is 4. The van der Waals surface area contributed by atoms with Crippen molar-refractivity contribution in [3.63, 3.8) is 0 Å². The van der Waals surface area contributed by atoms with E-state index in [2.05, 4.69) is 33.5 Å². The summed E-state index contributed by atoms with van der Waals surface area (Å²) in [6, 6.07) is 5.42. The third kappa shape index (κ3) is 3.88. The van der Waals surface area contributed by atoms with E-state index in [1.54, 1.807) is 21.5 Å². The van der Waals surface area contributed by atoms with Gasteiger partial charge in [-0.25, -0.2) is 9.50 Å². The number of anilines is 1. The average Bonchev–Trinajstić information content (AvgIpc) is 3.42. The Kier molecular flexibility index (Phi) is 5.45. The zero-order valence-corrected chi connectivity index (χ0v) is 17.3. The lowest BCUT2D eigenvalue weighted by Gasteiger charge is -2.14. The lowest BCUT2D eigenvalue weighted by Crippen LogP contribution is -2.26. The van der Waals surface area contributed by atoms with Crippen molar-refractivity contribution in [3.05, 3.63) is 54.0 Å². The Bertz CT molecular complexity index is 1200. The van der Waals surface area contributed by atoms with E-state index in [4.69, 9.17) is 15.2 Å². The van der Waals surface area contributed by atoms with Crippen LogP contribution in [0.4, 0.5) is 5.82 Å². The smallest absolute Gasteiger partial charge is 0.245 e. The van der Waals surface area contributed by atoms with Crippen molar-refractivity contribution >= 4 is 17.2 Å². The molecule has 1 atom stereocenters. The van der Waals surface area contributed by atoms with Gasteiger partial charge in [-0.05, 0) is 18.6 Å². The summed E-state index contributed by atoms with van der Waals surface area (Å²) in [7, 11) is 3.07. The van der Waals surface area contributed by atoms with Gasteiger partial charge in [-0.3, -0.25) is 4.79 Å². The van der Waals surface area contributed by atoms with Gasteiger partial charge in [0.05, 0.1) is 19.8 Å². The number of nitrogens with two attached hydrogens (primary N) is 1. The van der Waals surface area contributed by atoms with Gasteiger partial charge in [0.2, 0.25) is 17.7 Å². The molecule has 9 heteroatoms. The standard InChI is InChI=1S/C22H22N6O3/c1-4-20(29)27-8-7-16(12-27)17-11-15(21-22(23)24-13-25-28(17)21)6-5-14-9-18(30-2)26-19(10-14)31-3/h4,9-11,13,16H,1,7-8,12H2,2-3H3,(H2,23,24,25). The van der Waals surface area contributed by atoms with Crippen LogP contribution in [0.1, 0.15) is 29.2 Å². The number of likely N-dealkylation sites (tertiary alicyclic amines) is 1. The van der Waals surface area contributed by atoms with E-state index in [0.29, 0.717) is 47.3 Å². The van der Waals surface area contributed by atoms with Gasteiger partial charge < -0.3 is 20.1 Å². The van der Waals surface area contributed by atoms with Gasteiger partial charge in [0.15, 0.2) is 5.82 Å². The molecule has 4 heterocycles. The first-order chi connectivity index (χ1) is 15.0. The SMILES string of the molecule is C=CC(=O)N1CCC(c2cc(C#Cc3cc(OC)nc(OC)c3)c3c(N)ncnn23)C1. The molecular weight excluding hydrogens is 396 g/mol. The van der Waals surface area contributed by atoms with Gasteiger partial charge in [-0.15, -0.1) is 0 Å². The van der Waals surface area contributed by atoms with E-state index in [0.717, 1.165) is 12.1 Å². The maximum atomic E-state index is 12.0. The van der Waals surface area contributed by atoms with Gasteiger partial charge in [0.25, 0.3) is 0 Å². The van der Waals surface area contributed by atoms with Crippen LogP contribution >= 0.6 is 0 Å². The van der Waals surface area contributed by atoms with E-state index in [1.807, 2.05) is 6.07 Å². The highest BCUT2D eigenvalue weighted by atomic mass is 16.5. The Labute approximate surface area is 179 Å². The first-order valence-electron chi connectivity index (χ1n) is 9.69. The van der Waals surface area contributed by atoms with E-state index in [9.17, 15) is 4.79 Å². The molecule has 9 nitrogen and oxygen atoms in total. The number of ether oxygens (including phenoxy) is 2. The molecule has 3 aromatic heterocycles. The van der Waals surface area contributed by atoms with E-state index in [-0.39, 0.29) is 11.8 Å². The first-order valence-corrected chi connectivity index (χ1v) is 9.69. The molecule has 0 spiro atoms. The molecule has 1 aliphatic heterocycles. The summed E-state index contributed by atoms with van der Waals surface area (Å²) in [6.45, 7) is 4.83. The van der Waals surface area contributed by atoms with E-state index >= 15 is 0 Å². The maximum Gasteiger partial charge on any atom is 0.245 e. The molecule has 1 unspecified atom stereocenters. The minimum absolute atomic E-state index is 0.0712. The van der Waals surface area contributed by atoms with Crippen LogP contribution in [0.25, 0.3) is 5.52 Å². The second-order valence-corrected chi connectivity index (χ2v) is 7.05. The van der Waals surface area contributed by atoms with Gasteiger partial charge in [0.1, 0.15) is 11.8 Å². The van der Waals surface area contributed by atoms with Gasteiger partial charge in [-0.2, -0.15) is 10.1 Å². The number of carbonyl (C=O) groups is 1. The molecule has 2 N–H and O–H groups in total. The Hall–Kier alpha value is -4.06. The Balaban J connectivity index is 1.75. The van der Waals surface area contributed by atoms with Crippen LogP contribution in [-0.4, -0.2) is 57.7 Å². The Morgan fingerprint density at radius 1 is 1.26 bits per heavy atom. The molecule has 1 saturated heterocycles. The minimum Gasteiger partial charge on any atom is -0.481 e. The van der Waals surface area contributed by atoms with Crippen molar-refractivity contribution in [1.29, 1.82) is 0 Å². The summed E-state index contributed by atoms with van der Waals surface area (Å²) in [6.07, 6.45) is 3.58. The summed E-state index contributed by atoms with van der Waals surface area (Å²) < 4.78 is 12.2. The molecule has 0 radical (unpaired) electrons. The number of nitrogens with zero attached hydrogens (tertiary/aromatic N) is 5. The predicted molar refractivity (Wildman–Crippen MR) is 115 cm³/mol. The third-order valence-corrected chi connectivity index (χ3v) is 5.24. The molecule has 1 amide bonds. The van der Waals surface area contributed by atoms with Crippen molar-refractivity contribution in [3.8, 4) is 23.6 Å². The molecule has 4 rings (SSSR count). The molecule has 0 aromatic carbocycles. The van der Waals surface area contributed by atoms with Crippen molar-refractivity contribution in [2.24, 2.45) is 0 Å². The number of rotatable bonds is 4. The van der Waals surface area contributed by atoms with Crippen LogP contribution in [0.3, 0.4) is 0 Å². The lowest BCUT2D eigenvalue weighted by atomic mass is 10.0. The summed E-state index contributed by atoms with van der Waals surface area (Å²) in [5, 5.41) is 4.39. The van der Waals surface area contributed by atoms with Crippen molar-refractivity contribution in [2.45, 2.75) is 12.3 Å². The highest BCUT2D eigenvalue weighted by Crippen LogP contribution is 2.31. The molecule has 31 heavy (non-hydrogen) atoms. The minimum atomic E-state index is -0.0712. The summed E-state index contributed by atoms with van der Waals surface area (Å²) >= 11 is 0. The molecular formula is C22H22N6O3. The molecule has 1 aliphatic rings. The topological polar surface area (TPSA) is 108 Å². The summed E-state index contributed by atoms with van der Waals surface area (Å²) in [4.78, 5) is 22.1. The van der Waals surface area contributed by atoms with E-state index < -0.39 is 0 Å². The van der Waals surface area contributed by atoms with Crippen molar-refractivity contribution in [1.82, 2.24) is 24.5 Å². The van der Waals surface area contributed by atoms with Crippen LogP contribution in [0.2, 0.25) is 0 Å². The zero-order valence-electron chi connectivity index (χ0n) is 17.3. The average molecular weight is 418 g/mol. The second kappa shape index (κ2) is 8.36. The molecule has 3 aromatic rings. The number of amides is 1. The van der Waals surface area contributed by atoms with Gasteiger partial charge in [-0.1, -0.05) is 18.4 Å². The molecule has 0 saturated carbocycles. The predicted octanol–water partition coefficient (Wildman–Crippen LogP) is 1.63. The molecule has 158 valence electrons. The molecule has 0 bridgehead atoms. The summed E-state index contributed by atoms with van der Waals surface area (Å²) in [5.41, 5.74) is 9.13. The highest BCUT2D eigenvalue weighted by Gasteiger charge is 2.29. The maximum absolute atomic E-state index is 12.0. The van der Waals surface area contributed by atoms with Crippen LogP contribution in [-0.2, 0) is 4.79 Å². The number of carbonyl (C=O) groups excluding carboxylic acids is 1. The number of pyridine rings is 1. The van der Waals surface area contributed by atoms with Crippen LogP contribution in [0.5, 0.6) is 11.8 Å². The molecule has 1 fully saturated rings. The van der Waals surface area contributed by atoms with Crippen LogP contribution in [0, 0.1) is 11.8 Å². The quantitative estimate of drug-likeness (QED) is 0.507. The number of hydrogen-bond donors (Lipinski definition) is 1. The van der Waals surface area contributed by atoms with Gasteiger partial charge in [0, 0.05) is 42.4 Å². The zero-order chi connectivity index (χ0) is 22.0. The van der Waals surface area contributed by atoms with Crippen molar-refractivity contribution in [2.75, 3.05) is 33.0 Å². The number of nitrogen functional groups attached to an aromatic ring is 1. The fourth-order valence-corrected chi connectivity index (χ4v) is 3.71. The lowest BCUT2D eigenvalue weighted by molar-refractivity contribution is -0.125. The Morgan fingerprint density at radius 2 is 2.00 bits per heavy atom. The largest absolute Gasteiger partial charge is 0.481 e. The second-order valence-electron chi connectivity index (χ2n) is 7.05.